The fourth-order valence-corrected chi connectivity index (χ4v) is 4.21. The fraction of sp³-hybridized carbons (Fsp3) is 0.667. The molecule has 0 fully saturated rings. The van der Waals surface area contributed by atoms with Crippen LogP contribution in [0.15, 0.2) is 12.2 Å². The molecule has 5 heteroatoms. The topological polar surface area (TPSA) is 59.3 Å². The molecule has 0 aliphatic carbocycles. The number of hydrogen-bond donors (Lipinski definition) is 0. The van der Waals surface area contributed by atoms with Gasteiger partial charge < -0.3 is 9.16 Å². The lowest BCUT2D eigenvalue weighted by Gasteiger charge is -2.27. The number of hydrogen-bond acceptors (Lipinski definition) is 4. The lowest BCUT2D eigenvalue weighted by Crippen LogP contribution is -2.37. The maximum Gasteiger partial charge on any atom is 0.348 e. The van der Waals surface area contributed by atoms with Crippen molar-refractivity contribution in [3.05, 3.63) is 12.2 Å². The van der Waals surface area contributed by atoms with Gasteiger partial charge in [0.2, 0.25) is 0 Å². The molecule has 0 atom stereocenters. The molecule has 0 aliphatic heterocycles. The van der Waals surface area contributed by atoms with Crippen LogP contribution in [0.5, 0.6) is 0 Å². The highest BCUT2D eigenvalue weighted by Crippen LogP contribution is 2.21. The van der Waals surface area contributed by atoms with Crippen LogP contribution in [0.4, 0.5) is 0 Å². The Morgan fingerprint density at radius 3 is 2.18 bits per heavy atom. The van der Waals surface area contributed by atoms with Crippen LogP contribution >= 0.6 is 0 Å². The van der Waals surface area contributed by atoms with Crippen molar-refractivity contribution in [3.8, 4) is 6.07 Å². The van der Waals surface area contributed by atoms with Crippen LogP contribution in [0.25, 0.3) is 0 Å². The molecule has 0 saturated carbocycles. The predicted molar refractivity (Wildman–Crippen MR) is 68.9 cm³/mol. The molecule has 0 amide bonds. The van der Waals surface area contributed by atoms with Crippen LogP contribution in [0.3, 0.4) is 0 Å². The molecule has 0 aromatic rings. The molecule has 0 rings (SSSR count). The maximum atomic E-state index is 11.1. The smallest absolute Gasteiger partial charge is 0.348 e. The molecular formula is C12H21NO3Si. The van der Waals surface area contributed by atoms with Crippen molar-refractivity contribution < 1.29 is 14.0 Å². The normalized spacial score (nSPS) is 10.7. The second kappa shape index (κ2) is 8.04. The van der Waals surface area contributed by atoms with E-state index in [-0.39, 0.29) is 12.2 Å². The zero-order valence-corrected chi connectivity index (χ0v) is 11.9. The van der Waals surface area contributed by atoms with Gasteiger partial charge in [0.15, 0.2) is 8.32 Å². The summed E-state index contributed by atoms with van der Waals surface area (Å²) in [6.07, 6.45) is 0. The summed E-state index contributed by atoms with van der Waals surface area (Å²) in [6, 6.07) is 4.86. The molecule has 17 heavy (non-hydrogen) atoms. The molecule has 0 aromatic carbocycles. The first kappa shape index (κ1) is 15.9. The van der Waals surface area contributed by atoms with Crippen molar-refractivity contribution in [2.75, 3.05) is 13.2 Å². The Bertz CT molecular complexity index is 297. The molecule has 0 aromatic heterocycles. The van der Waals surface area contributed by atoms with E-state index in [0.717, 1.165) is 18.1 Å². The molecule has 0 saturated heterocycles. The molecular weight excluding hydrogens is 234 g/mol. The van der Waals surface area contributed by atoms with Crippen molar-refractivity contribution >= 4 is 14.3 Å². The van der Waals surface area contributed by atoms with Crippen LogP contribution in [0.2, 0.25) is 18.1 Å². The minimum Gasteiger partial charge on any atom is -0.459 e. The van der Waals surface area contributed by atoms with Crippen LogP contribution in [0.1, 0.15) is 20.8 Å². The summed E-state index contributed by atoms with van der Waals surface area (Å²) >= 11 is 0. The molecule has 96 valence electrons. The van der Waals surface area contributed by atoms with Crippen molar-refractivity contribution in [3.63, 3.8) is 0 Å². The van der Waals surface area contributed by atoms with E-state index in [1.54, 1.807) is 6.07 Å². The van der Waals surface area contributed by atoms with Gasteiger partial charge in [-0.3, -0.25) is 0 Å². The number of carbonyl (C=O) groups is 1. The number of ether oxygens (including phenoxy) is 1. The lowest BCUT2D eigenvalue weighted by molar-refractivity contribution is -0.139. The van der Waals surface area contributed by atoms with Crippen molar-refractivity contribution in [1.29, 1.82) is 5.26 Å². The van der Waals surface area contributed by atoms with Crippen LogP contribution < -0.4 is 0 Å². The molecule has 0 bridgehead atoms. The van der Waals surface area contributed by atoms with E-state index < -0.39 is 14.3 Å². The van der Waals surface area contributed by atoms with Gasteiger partial charge in [-0.05, 0) is 18.1 Å². The number of carbonyl (C=O) groups excluding carboxylic acids is 1. The van der Waals surface area contributed by atoms with Gasteiger partial charge in [-0.25, -0.2) is 4.79 Å². The van der Waals surface area contributed by atoms with Gasteiger partial charge in [0, 0.05) is 0 Å². The van der Waals surface area contributed by atoms with Gasteiger partial charge in [-0.1, -0.05) is 27.4 Å². The number of rotatable bonds is 8. The van der Waals surface area contributed by atoms with Gasteiger partial charge in [0.05, 0.1) is 6.61 Å². The monoisotopic (exact) mass is 255 g/mol. The van der Waals surface area contributed by atoms with Crippen molar-refractivity contribution in [2.45, 2.75) is 38.9 Å². The largest absolute Gasteiger partial charge is 0.459 e. The van der Waals surface area contributed by atoms with E-state index in [4.69, 9.17) is 14.4 Å². The van der Waals surface area contributed by atoms with Crippen LogP contribution in [0, 0.1) is 11.3 Å². The number of esters is 1. The van der Waals surface area contributed by atoms with Gasteiger partial charge in [0.1, 0.15) is 18.2 Å². The molecule has 0 unspecified atom stereocenters. The number of nitrogens with zero attached hydrogens (tertiary/aromatic N) is 1. The first-order valence-corrected chi connectivity index (χ1v) is 8.48. The minimum atomic E-state index is -1.60. The lowest BCUT2D eigenvalue weighted by atomic mass is 10.3. The third-order valence-electron chi connectivity index (χ3n) is 3.04. The third kappa shape index (κ3) is 5.15. The van der Waals surface area contributed by atoms with Crippen LogP contribution in [-0.4, -0.2) is 27.5 Å². The average Bonchev–Trinajstić information content (AvgIpc) is 2.38. The van der Waals surface area contributed by atoms with Gasteiger partial charge in [-0.15, -0.1) is 0 Å². The molecule has 0 N–H and O–H groups in total. The molecule has 0 heterocycles. The predicted octanol–water partition coefficient (Wildman–Crippen LogP) is 2.63. The summed E-state index contributed by atoms with van der Waals surface area (Å²) in [5.41, 5.74) is -0.171. The molecule has 0 radical (unpaired) electrons. The first-order valence-electron chi connectivity index (χ1n) is 5.95. The second-order valence-corrected chi connectivity index (χ2v) is 8.59. The Kier molecular flexibility index (Phi) is 7.51. The van der Waals surface area contributed by atoms with Gasteiger partial charge in [0.25, 0.3) is 0 Å². The van der Waals surface area contributed by atoms with E-state index in [1.807, 2.05) is 0 Å². The number of nitriles is 1. The quantitative estimate of drug-likeness (QED) is 0.220. The molecule has 0 spiro atoms. The maximum absolute atomic E-state index is 11.1. The fourth-order valence-electron chi connectivity index (χ4n) is 1.58. The van der Waals surface area contributed by atoms with Crippen LogP contribution in [-0.2, 0) is 14.0 Å². The van der Waals surface area contributed by atoms with E-state index in [9.17, 15) is 4.79 Å². The van der Waals surface area contributed by atoms with E-state index >= 15 is 0 Å². The average molecular weight is 255 g/mol. The summed E-state index contributed by atoms with van der Waals surface area (Å²) in [6.45, 7) is 10.3. The highest BCUT2D eigenvalue weighted by atomic mass is 28.4. The Hall–Kier alpha value is -1.12. The molecule has 4 nitrogen and oxygen atoms in total. The van der Waals surface area contributed by atoms with E-state index in [0.29, 0.717) is 6.61 Å². The summed E-state index contributed by atoms with van der Waals surface area (Å²) in [4.78, 5) is 11.1. The zero-order valence-electron chi connectivity index (χ0n) is 10.9. The zero-order chi connectivity index (χ0) is 13.3. The third-order valence-corrected chi connectivity index (χ3v) is 7.72. The van der Waals surface area contributed by atoms with E-state index in [2.05, 4.69) is 27.4 Å². The van der Waals surface area contributed by atoms with E-state index in [1.165, 1.54) is 0 Å². The summed E-state index contributed by atoms with van der Waals surface area (Å²) in [5, 5.41) is 8.43. The second-order valence-electron chi connectivity index (χ2n) is 3.82. The van der Waals surface area contributed by atoms with Gasteiger partial charge >= 0.3 is 5.97 Å². The summed E-state index contributed by atoms with van der Waals surface area (Å²) < 4.78 is 10.7. The first-order chi connectivity index (χ1) is 8.05. The Balaban J connectivity index is 3.96. The Labute approximate surface area is 104 Å². The summed E-state index contributed by atoms with van der Waals surface area (Å²) in [5.74, 6) is -0.659. The van der Waals surface area contributed by atoms with Gasteiger partial charge in [-0.2, -0.15) is 5.26 Å². The standard InChI is InChI=1S/C12H21NO3Si/c1-5-17(6-2,7-3)16-9-8-15-12(14)11(4)10-13/h4-9H2,1-3H3. The van der Waals surface area contributed by atoms with Crippen molar-refractivity contribution in [2.24, 2.45) is 0 Å². The Morgan fingerprint density at radius 1 is 1.24 bits per heavy atom. The minimum absolute atomic E-state index is 0.171. The Morgan fingerprint density at radius 2 is 1.76 bits per heavy atom. The molecule has 0 aliphatic rings. The summed E-state index contributed by atoms with van der Waals surface area (Å²) in [7, 11) is -1.60. The SMILES string of the molecule is C=C(C#N)C(=O)OCCO[Si](CC)(CC)CC. The van der Waals surface area contributed by atoms with Crippen molar-refractivity contribution in [1.82, 2.24) is 0 Å². The highest BCUT2D eigenvalue weighted by molar-refractivity contribution is 6.73. The highest BCUT2D eigenvalue weighted by Gasteiger charge is 2.28.